The Bertz CT molecular complexity index is 771. The molecule has 2 rings (SSSR count). The van der Waals surface area contributed by atoms with E-state index in [4.69, 9.17) is 5.11 Å². The Balaban J connectivity index is 2.49. The van der Waals surface area contributed by atoms with Crippen LogP contribution in [-0.4, -0.2) is 50.8 Å². The molecule has 0 radical (unpaired) electrons. The number of carbonyl (C=O) groups excluding carboxylic acids is 2. The first-order chi connectivity index (χ1) is 11.8. The van der Waals surface area contributed by atoms with Crippen molar-refractivity contribution in [3.63, 3.8) is 0 Å². The van der Waals surface area contributed by atoms with Gasteiger partial charge in [-0.1, -0.05) is 6.92 Å². The summed E-state index contributed by atoms with van der Waals surface area (Å²) >= 11 is 1.35. The average molecular weight is 364 g/mol. The molecular weight excluding hydrogens is 348 g/mol. The van der Waals surface area contributed by atoms with Crippen molar-refractivity contribution in [3.05, 3.63) is 51.1 Å². The minimum Gasteiger partial charge on any atom is -0.481 e. The van der Waals surface area contributed by atoms with Crippen LogP contribution in [0.1, 0.15) is 23.7 Å². The predicted octanol–water partition coefficient (Wildman–Crippen LogP) is 2.10. The van der Waals surface area contributed by atoms with Gasteiger partial charge in [0, 0.05) is 35.9 Å². The first kappa shape index (κ1) is 18.7. The third-order valence-electron chi connectivity index (χ3n) is 3.74. The highest BCUT2D eigenvalue weighted by Gasteiger charge is 2.41. The van der Waals surface area contributed by atoms with Crippen molar-refractivity contribution in [3.8, 4) is 0 Å². The highest BCUT2D eigenvalue weighted by atomic mass is 32.2. The number of carboxylic acids is 1. The number of Topliss-reactive ketones (excluding diaryl/α,β-unsaturated/α-hetero) is 1. The number of ketones is 1. The van der Waals surface area contributed by atoms with Gasteiger partial charge in [-0.2, -0.15) is 0 Å². The van der Waals surface area contributed by atoms with E-state index in [2.05, 4.69) is 0 Å². The van der Waals surface area contributed by atoms with Crippen molar-refractivity contribution in [2.24, 2.45) is 0 Å². The number of carbonyl (C=O) groups is 3. The van der Waals surface area contributed by atoms with Gasteiger partial charge in [-0.25, -0.2) is 0 Å². The molecule has 1 aliphatic rings. The number of likely N-dealkylation sites (N-methyl/N-ethyl adjacent to an activating group) is 1. The zero-order valence-corrected chi connectivity index (χ0v) is 14.4. The van der Waals surface area contributed by atoms with E-state index in [9.17, 15) is 24.5 Å². The van der Waals surface area contributed by atoms with E-state index in [1.54, 1.807) is 0 Å². The van der Waals surface area contributed by atoms with Crippen molar-refractivity contribution in [1.29, 1.82) is 0 Å². The highest BCUT2D eigenvalue weighted by molar-refractivity contribution is 8.00. The van der Waals surface area contributed by atoms with Crippen molar-refractivity contribution in [2.45, 2.75) is 18.7 Å². The van der Waals surface area contributed by atoms with Crippen LogP contribution in [0, 0.1) is 10.1 Å². The normalized spacial score (nSPS) is 17.1. The largest absolute Gasteiger partial charge is 0.481 e. The van der Waals surface area contributed by atoms with E-state index < -0.39 is 34.4 Å². The van der Waals surface area contributed by atoms with E-state index in [1.165, 1.54) is 48.0 Å². The Kier molecular flexibility index (Phi) is 5.58. The van der Waals surface area contributed by atoms with Crippen molar-refractivity contribution in [2.75, 3.05) is 12.8 Å². The number of hydrogen-bond acceptors (Lipinski definition) is 6. The van der Waals surface area contributed by atoms with Crippen LogP contribution in [0.5, 0.6) is 0 Å². The number of nitro groups is 1. The number of non-ortho nitro benzene ring substituents is 1. The Hall–Kier alpha value is -2.68. The fraction of sp³-hybridized carbons (Fsp3) is 0.312. The summed E-state index contributed by atoms with van der Waals surface area (Å²) in [5.74, 6) is -1.55. The Morgan fingerprint density at radius 3 is 2.40 bits per heavy atom. The van der Waals surface area contributed by atoms with E-state index in [0.29, 0.717) is 5.75 Å². The summed E-state index contributed by atoms with van der Waals surface area (Å²) in [5, 5.41) is 19.2. The second kappa shape index (κ2) is 7.47. The summed E-state index contributed by atoms with van der Waals surface area (Å²) < 4.78 is 0. The van der Waals surface area contributed by atoms with Crippen molar-refractivity contribution < 1.29 is 24.4 Å². The molecular formula is C16H16N2O6S. The number of rotatable bonds is 7. The summed E-state index contributed by atoms with van der Waals surface area (Å²) in [7, 11) is 1.52. The number of nitro benzene ring substituents is 1. The monoisotopic (exact) mass is 364 g/mol. The van der Waals surface area contributed by atoms with Crippen molar-refractivity contribution in [1.82, 2.24) is 4.90 Å². The summed E-state index contributed by atoms with van der Waals surface area (Å²) in [6.07, 6.45) is -0.544. The molecule has 0 spiro atoms. The molecule has 1 heterocycles. The standard InChI is InChI=1S/C16H16N2O6S/c1-3-25-16-13(11(8-12(19)20)15(22)17(16)2)14(21)9-4-6-10(7-5-9)18(23)24/h4-7,16H,3,8H2,1-2H3,(H,19,20)/t16-/m1/s1. The van der Waals surface area contributed by atoms with E-state index >= 15 is 0 Å². The highest BCUT2D eigenvalue weighted by Crippen LogP contribution is 2.36. The number of carboxylic acid groups (broad SMARTS) is 1. The van der Waals surface area contributed by atoms with Gasteiger partial charge in [-0.05, 0) is 17.9 Å². The molecule has 132 valence electrons. The molecule has 0 fully saturated rings. The number of nitrogens with zero attached hydrogens (tertiary/aromatic N) is 2. The van der Waals surface area contributed by atoms with Gasteiger partial charge in [-0.3, -0.25) is 24.5 Å². The molecule has 0 aromatic heterocycles. The van der Waals surface area contributed by atoms with Gasteiger partial charge in [0.15, 0.2) is 5.78 Å². The molecule has 0 unspecified atom stereocenters. The van der Waals surface area contributed by atoms with Crippen molar-refractivity contribution >= 4 is 35.1 Å². The van der Waals surface area contributed by atoms with Gasteiger partial charge in [0.25, 0.3) is 11.6 Å². The molecule has 8 nitrogen and oxygen atoms in total. The topological polar surface area (TPSA) is 118 Å². The van der Waals surface area contributed by atoms with Gasteiger partial charge >= 0.3 is 5.97 Å². The second-order valence-electron chi connectivity index (χ2n) is 5.32. The lowest BCUT2D eigenvalue weighted by Crippen LogP contribution is -2.31. The first-order valence-electron chi connectivity index (χ1n) is 7.40. The molecule has 1 N–H and O–H groups in total. The fourth-order valence-electron chi connectivity index (χ4n) is 2.59. The lowest BCUT2D eigenvalue weighted by atomic mass is 9.98. The van der Waals surface area contributed by atoms with Crippen LogP contribution in [0.25, 0.3) is 0 Å². The average Bonchev–Trinajstić information content (AvgIpc) is 2.79. The maximum Gasteiger partial charge on any atom is 0.308 e. The molecule has 25 heavy (non-hydrogen) atoms. The Morgan fingerprint density at radius 1 is 1.32 bits per heavy atom. The third-order valence-corrected chi connectivity index (χ3v) is 4.94. The molecule has 9 heteroatoms. The number of hydrogen-bond donors (Lipinski definition) is 1. The summed E-state index contributed by atoms with van der Waals surface area (Å²) in [5.41, 5.74) is 0.114. The van der Waals surface area contributed by atoms with Crippen LogP contribution in [0.3, 0.4) is 0 Å². The number of aliphatic carboxylic acids is 1. The van der Waals surface area contributed by atoms with Crippen LogP contribution < -0.4 is 0 Å². The molecule has 1 atom stereocenters. The SMILES string of the molecule is CCS[C@@H]1C(C(=O)c2ccc([N+](=O)[O-])cc2)=C(CC(=O)O)C(=O)N1C. The van der Waals surface area contributed by atoms with Crippen LogP contribution >= 0.6 is 11.8 Å². The lowest BCUT2D eigenvalue weighted by Gasteiger charge is -2.21. The van der Waals surface area contributed by atoms with Gasteiger partial charge < -0.3 is 10.0 Å². The maximum atomic E-state index is 12.9. The smallest absolute Gasteiger partial charge is 0.308 e. The lowest BCUT2D eigenvalue weighted by molar-refractivity contribution is -0.384. The molecule has 1 aromatic rings. The van der Waals surface area contributed by atoms with Crippen LogP contribution in [0.4, 0.5) is 5.69 Å². The zero-order chi connectivity index (χ0) is 18.7. The molecule has 0 bridgehead atoms. The second-order valence-corrected chi connectivity index (χ2v) is 6.68. The molecule has 1 aliphatic heterocycles. The van der Waals surface area contributed by atoms with Crippen LogP contribution in [-0.2, 0) is 9.59 Å². The Morgan fingerprint density at radius 2 is 1.92 bits per heavy atom. The molecule has 1 aromatic carbocycles. The Labute approximate surface area is 147 Å². The first-order valence-corrected chi connectivity index (χ1v) is 8.45. The van der Waals surface area contributed by atoms with E-state index in [0.717, 1.165) is 0 Å². The molecule has 1 amide bonds. The third kappa shape index (κ3) is 3.71. The quantitative estimate of drug-likeness (QED) is 0.447. The minimum atomic E-state index is -1.20. The van der Waals surface area contributed by atoms with Crippen LogP contribution in [0.2, 0.25) is 0 Å². The number of amides is 1. The van der Waals surface area contributed by atoms with Gasteiger partial charge in [0.2, 0.25) is 0 Å². The van der Waals surface area contributed by atoms with E-state index in [-0.39, 0.29) is 22.4 Å². The molecule has 0 saturated heterocycles. The van der Waals surface area contributed by atoms with Crippen LogP contribution in [0.15, 0.2) is 35.4 Å². The maximum absolute atomic E-state index is 12.9. The van der Waals surface area contributed by atoms with Gasteiger partial charge in [0.1, 0.15) is 5.37 Å². The number of thioether (sulfide) groups is 1. The summed E-state index contributed by atoms with van der Waals surface area (Å²) in [6.45, 7) is 1.87. The zero-order valence-electron chi connectivity index (χ0n) is 13.6. The van der Waals surface area contributed by atoms with Gasteiger partial charge in [0.05, 0.1) is 11.3 Å². The summed E-state index contributed by atoms with van der Waals surface area (Å²) in [6, 6.07) is 5.02. The number of benzene rings is 1. The molecule has 0 aliphatic carbocycles. The predicted molar refractivity (Wildman–Crippen MR) is 91.4 cm³/mol. The fourth-order valence-corrected chi connectivity index (χ4v) is 3.64. The molecule has 0 saturated carbocycles. The van der Waals surface area contributed by atoms with Gasteiger partial charge in [-0.15, -0.1) is 11.8 Å². The minimum absolute atomic E-state index is 0.0377. The van der Waals surface area contributed by atoms with E-state index in [1.807, 2.05) is 6.92 Å². The summed E-state index contributed by atoms with van der Waals surface area (Å²) in [4.78, 5) is 47.8.